The van der Waals surface area contributed by atoms with Crippen LogP contribution in [0.4, 0.5) is 0 Å². The van der Waals surface area contributed by atoms with Gasteiger partial charge in [0, 0.05) is 29.7 Å². The standard InChI is InChI=1S/C22H26BrClN2O2.2ClH/c1-27-21-11-15(12-25-20-13-26-8-6-16(20)7-9-26)10-18(23)22(21)28-14-17-4-2-3-5-19(17)24;;/h2-5,10-11,16,20,25H,6-9,12-14H2,1H3;2*1H. The predicted molar refractivity (Wildman–Crippen MR) is 131 cm³/mol. The molecular formula is C22H28BrCl3N2O2. The van der Waals surface area contributed by atoms with Crippen LogP contribution in [0, 0.1) is 5.92 Å². The van der Waals surface area contributed by atoms with E-state index in [1.807, 2.05) is 24.3 Å². The van der Waals surface area contributed by atoms with E-state index in [-0.39, 0.29) is 24.8 Å². The molecule has 166 valence electrons. The topological polar surface area (TPSA) is 33.7 Å². The number of nitrogens with one attached hydrogen (secondary N) is 1. The first-order valence-corrected chi connectivity index (χ1v) is 11.0. The Labute approximate surface area is 204 Å². The number of ether oxygens (including phenoxy) is 2. The Morgan fingerprint density at radius 2 is 1.90 bits per heavy atom. The molecule has 0 aromatic heterocycles. The van der Waals surface area contributed by atoms with E-state index in [1.165, 1.54) is 38.0 Å². The van der Waals surface area contributed by atoms with Gasteiger partial charge in [0.15, 0.2) is 11.5 Å². The summed E-state index contributed by atoms with van der Waals surface area (Å²) >= 11 is 9.89. The highest BCUT2D eigenvalue weighted by atomic mass is 79.9. The Kier molecular flexibility index (Phi) is 10.1. The van der Waals surface area contributed by atoms with Crippen LogP contribution in [0.3, 0.4) is 0 Å². The second-order valence-corrected chi connectivity index (χ2v) is 8.88. The van der Waals surface area contributed by atoms with Gasteiger partial charge in [0.05, 0.1) is 11.6 Å². The molecule has 3 saturated heterocycles. The fraction of sp³-hybridized carbons (Fsp3) is 0.455. The highest BCUT2D eigenvalue weighted by molar-refractivity contribution is 9.10. The number of halogens is 4. The zero-order valence-electron chi connectivity index (χ0n) is 16.9. The van der Waals surface area contributed by atoms with Gasteiger partial charge in [0.2, 0.25) is 0 Å². The monoisotopic (exact) mass is 536 g/mol. The second-order valence-electron chi connectivity index (χ2n) is 7.61. The summed E-state index contributed by atoms with van der Waals surface area (Å²) in [6, 6.07) is 12.5. The first-order chi connectivity index (χ1) is 13.6. The van der Waals surface area contributed by atoms with Crippen LogP contribution in [-0.4, -0.2) is 37.7 Å². The van der Waals surface area contributed by atoms with Gasteiger partial charge in [-0.3, -0.25) is 0 Å². The Bertz CT molecular complexity index is 832. The lowest BCUT2D eigenvalue weighted by Crippen LogP contribution is -2.55. The highest BCUT2D eigenvalue weighted by Crippen LogP contribution is 2.38. The molecule has 0 spiro atoms. The van der Waals surface area contributed by atoms with Crippen LogP contribution in [0.5, 0.6) is 11.5 Å². The number of piperidine rings is 3. The van der Waals surface area contributed by atoms with Gasteiger partial charge in [-0.05, 0) is 71.5 Å². The van der Waals surface area contributed by atoms with Gasteiger partial charge in [-0.1, -0.05) is 29.8 Å². The van der Waals surface area contributed by atoms with Crippen LogP contribution in [0.1, 0.15) is 24.0 Å². The first kappa shape index (κ1) is 25.6. The number of nitrogens with zero attached hydrogens (tertiary/aromatic N) is 1. The molecule has 3 aliphatic rings. The van der Waals surface area contributed by atoms with Gasteiger partial charge in [0.25, 0.3) is 0 Å². The van der Waals surface area contributed by atoms with Crippen molar-refractivity contribution in [3.63, 3.8) is 0 Å². The number of fused-ring (bicyclic) bond motifs is 3. The van der Waals surface area contributed by atoms with Crippen LogP contribution in [0.15, 0.2) is 40.9 Å². The third kappa shape index (κ3) is 5.96. The summed E-state index contributed by atoms with van der Waals surface area (Å²) in [6.45, 7) is 4.92. The smallest absolute Gasteiger partial charge is 0.175 e. The van der Waals surface area contributed by atoms with Gasteiger partial charge in [0.1, 0.15) is 6.61 Å². The highest BCUT2D eigenvalue weighted by Gasteiger charge is 2.33. The molecular weight excluding hydrogens is 511 g/mol. The number of methoxy groups -OCH3 is 1. The average Bonchev–Trinajstić information content (AvgIpc) is 2.73. The van der Waals surface area contributed by atoms with Crippen molar-refractivity contribution in [3.05, 3.63) is 57.0 Å². The van der Waals surface area contributed by atoms with Gasteiger partial charge >= 0.3 is 0 Å². The normalized spacial score (nSPS) is 22.0. The van der Waals surface area contributed by atoms with Gasteiger partial charge in [-0.2, -0.15) is 0 Å². The largest absolute Gasteiger partial charge is 0.493 e. The summed E-state index contributed by atoms with van der Waals surface area (Å²) in [4.78, 5) is 2.57. The van der Waals surface area contributed by atoms with Gasteiger partial charge in [-0.15, -0.1) is 24.8 Å². The summed E-state index contributed by atoms with van der Waals surface area (Å²) in [5, 5.41) is 4.46. The SMILES string of the molecule is COc1cc(CNC2CN3CCC2CC3)cc(Br)c1OCc1ccccc1Cl.Cl.Cl. The van der Waals surface area contributed by atoms with Crippen LogP contribution in [0.25, 0.3) is 0 Å². The van der Waals surface area contributed by atoms with E-state index in [0.717, 1.165) is 28.2 Å². The molecule has 4 nitrogen and oxygen atoms in total. The Morgan fingerprint density at radius 3 is 2.53 bits per heavy atom. The quantitative estimate of drug-likeness (QED) is 0.489. The van der Waals surface area contributed by atoms with Crippen molar-refractivity contribution in [2.24, 2.45) is 5.92 Å². The van der Waals surface area contributed by atoms with Crippen molar-refractivity contribution in [2.75, 3.05) is 26.7 Å². The fourth-order valence-corrected chi connectivity index (χ4v) is 5.02. The second kappa shape index (κ2) is 11.8. The van der Waals surface area contributed by atoms with Crippen molar-refractivity contribution in [1.82, 2.24) is 10.2 Å². The maximum atomic E-state index is 6.24. The van der Waals surface area contributed by atoms with Crippen LogP contribution in [0.2, 0.25) is 5.02 Å². The molecule has 0 saturated carbocycles. The molecule has 1 atom stereocenters. The molecule has 0 amide bonds. The zero-order valence-corrected chi connectivity index (χ0v) is 20.9. The first-order valence-electron chi connectivity index (χ1n) is 9.82. The number of rotatable bonds is 7. The Hall–Kier alpha value is -0.690. The molecule has 3 fully saturated rings. The molecule has 3 aliphatic heterocycles. The molecule has 1 unspecified atom stereocenters. The summed E-state index contributed by atoms with van der Waals surface area (Å²) in [6.07, 6.45) is 2.64. The van der Waals surface area contributed by atoms with Crippen molar-refractivity contribution >= 4 is 52.3 Å². The number of hydrogen-bond donors (Lipinski definition) is 1. The summed E-state index contributed by atoms with van der Waals surface area (Å²) in [5.74, 6) is 2.25. The summed E-state index contributed by atoms with van der Waals surface area (Å²) < 4.78 is 12.5. The lowest BCUT2D eigenvalue weighted by Gasteiger charge is -2.45. The van der Waals surface area contributed by atoms with Crippen molar-refractivity contribution in [2.45, 2.75) is 32.0 Å². The van der Waals surface area contributed by atoms with Crippen LogP contribution in [-0.2, 0) is 13.2 Å². The molecule has 30 heavy (non-hydrogen) atoms. The number of benzene rings is 2. The lowest BCUT2D eigenvalue weighted by atomic mass is 9.84. The molecule has 8 heteroatoms. The number of hydrogen-bond acceptors (Lipinski definition) is 4. The van der Waals surface area contributed by atoms with E-state index < -0.39 is 0 Å². The van der Waals surface area contributed by atoms with E-state index in [4.69, 9.17) is 21.1 Å². The maximum Gasteiger partial charge on any atom is 0.175 e. The van der Waals surface area contributed by atoms with Crippen LogP contribution >= 0.6 is 52.3 Å². The van der Waals surface area contributed by atoms with E-state index >= 15 is 0 Å². The fourth-order valence-electron chi connectivity index (χ4n) is 4.23. The van der Waals surface area contributed by atoms with E-state index in [1.54, 1.807) is 7.11 Å². The molecule has 3 heterocycles. The predicted octanol–water partition coefficient (Wildman–Crippen LogP) is 5.72. The molecule has 2 bridgehead atoms. The van der Waals surface area contributed by atoms with E-state index in [2.05, 4.69) is 38.3 Å². The lowest BCUT2D eigenvalue weighted by molar-refractivity contribution is 0.0720. The maximum absolute atomic E-state index is 6.24. The Morgan fingerprint density at radius 1 is 1.17 bits per heavy atom. The third-order valence-corrected chi connectivity index (χ3v) is 6.80. The minimum Gasteiger partial charge on any atom is -0.493 e. The molecule has 2 aromatic carbocycles. The van der Waals surface area contributed by atoms with Crippen molar-refractivity contribution in [3.8, 4) is 11.5 Å². The zero-order chi connectivity index (χ0) is 19.5. The van der Waals surface area contributed by atoms with Crippen molar-refractivity contribution in [1.29, 1.82) is 0 Å². The average molecular weight is 539 g/mol. The van der Waals surface area contributed by atoms with Gasteiger partial charge in [-0.25, -0.2) is 0 Å². The van der Waals surface area contributed by atoms with E-state index in [9.17, 15) is 0 Å². The Balaban J connectivity index is 0.00000160. The van der Waals surface area contributed by atoms with Crippen molar-refractivity contribution < 1.29 is 9.47 Å². The molecule has 1 N–H and O–H groups in total. The minimum absolute atomic E-state index is 0. The molecule has 2 aromatic rings. The summed E-state index contributed by atoms with van der Waals surface area (Å²) in [5.41, 5.74) is 2.14. The minimum atomic E-state index is 0. The molecule has 0 aliphatic carbocycles. The molecule has 0 radical (unpaired) electrons. The van der Waals surface area contributed by atoms with Crippen LogP contribution < -0.4 is 14.8 Å². The van der Waals surface area contributed by atoms with Gasteiger partial charge < -0.3 is 19.7 Å². The molecule has 5 rings (SSSR count). The third-order valence-electron chi connectivity index (χ3n) is 5.84. The van der Waals surface area contributed by atoms with E-state index in [0.29, 0.717) is 23.4 Å². The summed E-state index contributed by atoms with van der Waals surface area (Å²) in [7, 11) is 1.68.